The smallest absolute Gasteiger partial charge is 0.0939 e. The number of rotatable bonds is 4. The molecule has 17 heavy (non-hydrogen) atoms. The Hall–Kier alpha value is -0.160. The molecule has 0 aromatic carbocycles. The minimum absolute atomic E-state index is 0.0490. The topological polar surface area (TPSA) is 53.7 Å². The molecular formula is C13H25NO3. The maximum absolute atomic E-state index is 6.34. The van der Waals surface area contributed by atoms with Crippen LogP contribution >= 0.6 is 0 Å². The maximum atomic E-state index is 6.34. The van der Waals surface area contributed by atoms with Crippen molar-refractivity contribution in [2.24, 2.45) is 11.7 Å². The molecule has 1 spiro atoms. The fraction of sp³-hybridized carbons (Fsp3) is 1.00. The highest BCUT2D eigenvalue weighted by Gasteiger charge is 2.43. The Morgan fingerprint density at radius 1 is 1.47 bits per heavy atom. The SMILES string of the molecule is CCC(OC)C(N)C1CCOC2(CCOC2)C1. The summed E-state index contributed by atoms with van der Waals surface area (Å²) in [6, 6.07) is 0.117. The van der Waals surface area contributed by atoms with Crippen LogP contribution in [0.25, 0.3) is 0 Å². The maximum Gasteiger partial charge on any atom is 0.0939 e. The van der Waals surface area contributed by atoms with E-state index in [0.717, 1.165) is 45.5 Å². The number of hydrogen-bond donors (Lipinski definition) is 1. The molecule has 0 saturated carbocycles. The Morgan fingerprint density at radius 2 is 2.29 bits per heavy atom. The van der Waals surface area contributed by atoms with Gasteiger partial charge >= 0.3 is 0 Å². The van der Waals surface area contributed by atoms with Crippen molar-refractivity contribution >= 4 is 0 Å². The van der Waals surface area contributed by atoms with Gasteiger partial charge in [-0.15, -0.1) is 0 Å². The molecule has 4 heteroatoms. The predicted molar refractivity (Wildman–Crippen MR) is 65.9 cm³/mol. The van der Waals surface area contributed by atoms with E-state index >= 15 is 0 Å². The molecule has 0 radical (unpaired) electrons. The highest BCUT2D eigenvalue weighted by molar-refractivity contribution is 4.94. The summed E-state index contributed by atoms with van der Waals surface area (Å²) in [6.07, 6.45) is 4.22. The average molecular weight is 243 g/mol. The van der Waals surface area contributed by atoms with Crippen molar-refractivity contribution in [2.45, 2.75) is 50.4 Å². The van der Waals surface area contributed by atoms with Crippen LogP contribution in [0.2, 0.25) is 0 Å². The summed E-state index contributed by atoms with van der Waals surface area (Å²) < 4.78 is 16.9. The Labute approximate surface area is 104 Å². The average Bonchev–Trinajstić information content (AvgIpc) is 2.78. The summed E-state index contributed by atoms with van der Waals surface area (Å²) in [5, 5.41) is 0. The van der Waals surface area contributed by atoms with Gasteiger partial charge in [0.25, 0.3) is 0 Å². The fourth-order valence-corrected chi connectivity index (χ4v) is 3.16. The summed E-state index contributed by atoms with van der Waals surface area (Å²) >= 11 is 0. The van der Waals surface area contributed by atoms with Gasteiger partial charge < -0.3 is 19.9 Å². The van der Waals surface area contributed by atoms with Crippen molar-refractivity contribution in [1.29, 1.82) is 0 Å². The number of hydrogen-bond acceptors (Lipinski definition) is 4. The summed E-state index contributed by atoms with van der Waals surface area (Å²) in [5.41, 5.74) is 6.29. The van der Waals surface area contributed by atoms with Gasteiger partial charge in [0, 0.05) is 32.8 Å². The Kier molecular flexibility index (Phi) is 4.42. The highest BCUT2D eigenvalue weighted by Crippen LogP contribution is 2.37. The van der Waals surface area contributed by atoms with Gasteiger partial charge in [0.1, 0.15) is 0 Å². The van der Waals surface area contributed by atoms with Gasteiger partial charge in [0.2, 0.25) is 0 Å². The lowest BCUT2D eigenvalue weighted by Gasteiger charge is -2.41. The molecule has 0 aromatic rings. The van der Waals surface area contributed by atoms with Crippen LogP contribution in [0.5, 0.6) is 0 Å². The standard InChI is InChI=1S/C13H25NO3/c1-3-11(15-2)12(14)10-4-6-17-13(8-10)5-7-16-9-13/h10-12H,3-9,14H2,1-2H3. The molecule has 2 aliphatic rings. The first-order valence-corrected chi connectivity index (χ1v) is 6.71. The molecule has 2 heterocycles. The molecule has 0 aliphatic carbocycles. The molecule has 0 bridgehead atoms. The normalized spacial score (nSPS) is 37.2. The Morgan fingerprint density at radius 3 is 2.88 bits per heavy atom. The quantitative estimate of drug-likeness (QED) is 0.809. The van der Waals surface area contributed by atoms with Crippen LogP contribution in [-0.4, -0.2) is 44.7 Å². The zero-order valence-electron chi connectivity index (χ0n) is 11.0. The van der Waals surface area contributed by atoms with E-state index in [0.29, 0.717) is 5.92 Å². The molecule has 2 fully saturated rings. The number of methoxy groups -OCH3 is 1. The van der Waals surface area contributed by atoms with Gasteiger partial charge in [0.15, 0.2) is 0 Å². The van der Waals surface area contributed by atoms with Crippen LogP contribution in [0.15, 0.2) is 0 Å². The van der Waals surface area contributed by atoms with Gasteiger partial charge in [-0.3, -0.25) is 0 Å². The van der Waals surface area contributed by atoms with Crippen molar-refractivity contribution in [2.75, 3.05) is 26.9 Å². The Bertz CT molecular complexity index is 237. The monoisotopic (exact) mass is 243 g/mol. The van der Waals surface area contributed by atoms with E-state index in [4.69, 9.17) is 19.9 Å². The second-order valence-corrected chi connectivity index (χ2v) is 5.35. The van der Waals surface area contributed by atoms with Crippen LogP contribution < -0.4 is 5.73 Å². The highest BCUT2D eigenvalue weighted by atomic mass is 16.6. The molecule has 0 aromatic heterocycles. The lowest BCUT2D eigenvalue weighted by Crippen LogP contribution is -2.50. The van der Waals surface area contributed by atoms with Crippen molar-refractivity contribution in [3.8, 4) is 0 Å². The summed E-state index contributed by atoms with van der Waals surface area (Å²) in [4.78, 5) is 0. The fourth-order valence-electron chi connectivity index (χ4n) is 3.16. The van der Waals surface area contributed by atoms with E-state index in [1.165, 1.54) is 0 Å². The zero-order chi connectivity index (χ0) is 12.3. The first-order valence-electron chi connectivity index (χ1n) is 6.71. The van der Waals surface area contributed by atoms with Crippen LogP contribution in [0.3, 0.4) is 0 Å². The van der Waals surface area contributed by atoms with Crippen LogP contribution in [0, 0.1) is 5.92 Å². The molecule has 4 nitrogen and oxygen atoms in total. The van der Waals surface area contributed by atoms with Gasteiger partial charge in [-0.1, -0.05) is 6.92 Å². The zero-order valence-corrected chi connectivity index (χ0v) is 11.0. The third kappa shape index (κ3) is 2.81. The first kappa shape index (κ1) is 13.3. The predicted octanol–water partition coefficient (Wildman–Crippen LogP) is 1.32. The third-order valence-corrected chi connectivity index (χ3v) is 4.28. The first-order chi connectivity index (χ1) is 8.21. The molecular weight excluding hydrogens is 218 g/mol. The minimum Gasteiger partial charge on any atom is -0.380 e. The van der Waals surface area contributed by atoms with E-state index in [-0.39, 0.29) is 17.7 Å². The van der Waals surface area contributed by atoms with E-state index in [2.05, 4.69) is 6.92 Å². The van der Waals surface area contributed by atoms with E-state index < -0.39 is 0 Å². The lowest BCUT2D eigenvalue weighted by molar-refractivity contribution is -0.108. The lowest BCUT2D eigenvalue weighted by atomic mass is 9.79. The summed E-state index contributed by atoms with van der Waals surface area (Å²) in [5.74, 6) is 0.496. The van der Waals surface area contributed by atoms with Crippen LogP contribution in [0.4, 0.5) is 0 Å². The van der Waals surface area contributed by atoms with E-state index in [9.17, 15) is 0 Å². The second kappa shape index (κ2) is 5.65. The molecule has 2 rings (SSSR count). The molecule has 2 saturated heterocycles. The minimum atomic E-state index is -0.0490. The van der Waals surface area contributed by atoms with Crippen LogP contribution in [0.1, 0.15) is 32.6 Å². The molecule has 2 N–H and O–H groups in total. The molecule has 4 unspecified atom stereocenters. The van der Waals surface area contributed by atoms with Gasteiger partial charge in [0.05, 0.1) is 18.3 Å². The summed E-state index contributed by atoms with van der Waals surface area (Å²) in [7, 11) is 1.75. The van der Waals surface area contributed by atoms with Gasteiger partial charge in [-0.05, 0) is 25.2 Å². The van der Waals surface area contributed by atoms with Crippen molar-refractivity contribution in [3.63, 3.8) is 0 Å². The molecule has 2 aliphatic heterocycles. The number of nitrogens with two attached hydrogens (primary N) is 1. The molecule has 100 valence electrons. The molecule has 4 atom stereocenters. The van der Waals surface area contributed by atoms with Gasteiger partial charge in [-0.25, -0.2) is 0 Å². The summed E-state index contributed by atoms with van der Waals surface area (Å²) in [6.45, 7) is 4.49. The largest absolute Gasteiger partial charge is 0.380 e. The van der Waals surface area contributed by atoms with Crippen molar-refractivity contribution < 1.29 is 14.2 Å². The molecule has 0 amide bonds. The second-order valence-electron chi connectivity index (χ2n) is 5.35. The number of ether oxygens (including phenoxy) is 3. The van der Waals surface area contributed by atoms with Crippen LogP contribution in [-0.2, 0) is 14.2 Å². The Balaban J connectivity index is 1.96. The third-order valence-electron chi connectivity index (χ3n) is 4.28. The van der Waals surface area contributed by atoms with E-state index in [1.807, 2.05) is 0 Å². The van der Waals surface area contributed by atoms with Gasteiger partial charge in [-0.2, -0.15) is 0 Å². The van der Waals surface area contributed by atoms with Crippen molar-refractivity contribution in [1.82, 2.24) is 0 Å². The van der Waals surface area contributed by atoms with Crippen molar-refractivity contribution in [3.05, 3.63) is 0 Å². The van der Waals surface area contributed by atoms with E-state index in [1.54, 1.807) is 7.11 Å².